The topological polar surface area (TPSA) is 25.8 Å². The molecule has 0 aliphatic rings. The first-order chi connectivity index (χ1) is 14.2. The van der Waals surface area contributed by atoms with E-state index in [1.807, 2.05) is 0 Å². The molecular weight excluding hydrogens is 459 g/mol. The van der Waals surface area contributed by atoms with Crippen LogP contribution in [0.5, 0.6) is 0 Å². The average molecular weight is 470 g/mol. The van der Waals surface area contributed by atoms with Crippen molar-refractivity contribution in [3.05, 3.63) is 59.9 Å². The maximum Gasteiger partial charge on any atom is 0.460 e. The summed E-state index contributed by atoms with van der Waals surface area (Å²) in [5, 5.41) is -0.167. The van der Waals surface area contributed by atoms with Crippen LogP contribution in [-0.2, 0) is 5.92 Å². The van der Waals surface area contributed by atoms with Crippen LogP contribution in [0.4, 0.5) is 39.5 Å². The summed E-state index contributed by atoms with van der Waals surface area (Å²) in [6.45, 7) is 1.64. The van der Waals surface area contributed by atoms with Crippen molar-refractivity contribution in [2.45, 2.75) is 40.8 Å². The molecule has 0 spiro atoms. The van der Waals surface area contributed by atoms with Gasteiger partial charge in [-0.15, -0.1) is 0 Å². The summed E-state index contributed by atoms with van der Waals surface area (Å²) in [6.07, 6.45) is -6.92. The van der Waals surface area contributed by atoms with Crippen molar-refractivity contribution in [3.8, 4) is 0 Å². The highest BCUT2D eigenvalue weighted by atomic mass is 32.2. The number of benzene rings is 2. The van der Waals surface area contributed by atoms with E-state index in [-0.39, 0.29) is 15.9 Å². The highest BCUT2D eigenvalue weighted by Gasteiger charge is 2.83. The second kappa shape index (κ2) is 7.57. The number of rotatable bonds is 5. The minimum Gasteiger partial charge on any atom is -0.227 e. The Bertz CT molecular complexity index is 1100. The van der Waals surface area contributed by atoms with E-state index in [0.717, 1.165) is 17.8 Å². The SMILES string of the molecule is Cc1ccc2nc(C(F)(F)C(F)(F)C(F)(F)C(F)(F)F)nc(Sc3ccccc3)c2c1. The third-order valence-electron chi connectivity index (χ3n) is 4.20. The van der Waals surface area contributed by atoms with Gasteiger partial charge >= 0.3 is 23.9 Å². The summed E-state index contributed by atoms with van der Waals surface area (Å²) >= 11 is 0.741. The Balaban J connectivity index is 2.21. The molecule has 1 aromatic heterocycles. The smallest absolute Gasteiger partial charge is 0.227 e. The molecule has 166 valence electrons. The maximum atomic E-state index is 14.4. The molecule has 0 atom stereocenters. The summed E-state index contributed by atoms with van der Waals surface area (Å²) in [7, 11) is 0. The summed E-state index contributed by atoms with van der Waals surface area (Å²) < 4.78 is 120. The van der Waals surface area contributed by atoms with Gasteiger partial charge in [0.2, 0.25) is 5.82 Å². The number of hydrogen-bond donors (Lipinski definition) is 0. The molecule has 31 heavy (non-hydrogen) atoms. The lowest BCUT2D eigenvalue weighted by Crippen LogP contribution is -2.60. The number of halogens is 9. The lowest BCUT2D eigenvalue weighted by Gasteiger charge is -2.32. The molecule has 0 aliphatic carbocycles. The third-order valence-corrected chi connectivity index (χ3v) is 5.21. The van der Waals surface area contributed by atoms with Crippen molar-refractivity contribution in [2.24, 2.45) is 0 Å². The molecular formula is C19H11F9N2S. The van der Waals surface area contributed by atoms with E-state index in [1.54, 1.807) is 37.3 Å². The van der Waals surface area contributed by atoms with Gasteiger partial charge in [-0.05, 0) is 31.2 Å². The number of aromatic nitrogens is 2. The number of aryl methyl sites for hydroxylation is 1. The predicted octanol–water partition coefficient (Wildman–Crippen LogP) is 7.01. The first-order valence-electron chi connectivity index (χ1n) is 8.40. The van der Waals surface area contributed by atoms with Crippen molar-refractivity contribution in [1.82, 2.24) is 9.97 Å². The molecule has 0 bridgehead atoms. The van der Waals surface area contributed by atoms with Gasteiger partial charge in [-0.3, -0.25) is 0 Å². The Hall–Kier alpha value is -2.50. The Labute approximate surface area is 173 Å². The highest BCUT2D eigenvalue weighted by Crippen LogP contribution is 2.56. The van der Waals surface area contributed by atoms with Gasteiger partial charge in [-0.2, -0.15) is 39.5 Å². The standard InChI is InChI=1S/C19H11F9N2S/c1-10-7-8-13-12(9-10)14(31-11-5-3-2-4-6-11)30-15(29-13)16(20,21)17(22,23)18(24,25)19(26,27)28/h2-9H,1H3. The van der Waals surface area contributed by atoms with Crippen LogP contribution in [0.2, 0.25) is 0 Å². The largest absolute Gasteiger partial charge is 0.460 e. The van der Waals surface area contributed by atoms with Gasteiger partial charge < -0.3 is 0 Å². The van der Waals surface area contributed by atoms with Crippen LogP contribution in [0.15, 0.2) is 58.5 Å². The minimum atomic E-state index is -7.03. The zero-order valence-corrected chi connectivity index (χ0v) is 16.1. The summed E-state index contributed by atoms with van der Waals surface area (Å²) in [5.74, 6) is -22.0. The lowest BCUT2D eigenvalue weighted by molar-refractivity contribution is -0.400. The van der Waals surface area contributed by atoms with E-state index in [4.69, 9.17) is 0 Å². The van der Waals surface area contributed by atoms with Crippen molar-refractivity contribution in [3.63, 3.8) is 0 Å². The normalized spacial score (nSPS) is 13.6. The average Bonchev–Trinajstić information content (AvgIpc) is 2.67. The second-order valence-electron chi connectivity index (χ2n) is 6.51. The molecule has 0 aliphatic heterocycles. The number of nitrogens with zero attached hydrogens (tertiary/aromatic N) is 2. The monoisotopic (exact) mass is 470 g/mol. The molecule has 0 saturated carbocycles. The van der Waals surface area contributed by atoms with Gasteiger partial charge in [0.25, 0.3) is 0 Å². The van der Waals surface area contributed by atoms with Gasteiger partial charge in [0.1, 0.15) is 5.03 Å². The molecule has 0 unspecified atom stereocenters. The van der Waals surface area contributed by atoms with Crippen LogP contribution in [0.1, 0.15) is 11.4 Å². The summed E-state index contributed by atoms with van der Waals surface area (Å²) in [4.78, 5) is 6.92. The zero-order chi connectivity index (χ0) is 23.2. The number of fused-ring (bicyclic) bond motifs is 1. The van der Waals surface area contributed by atoms with Crippen molar-refractivity contribution >= 4 is 22.7 Å². The molecule has 3 rings (SSSR count). The first-order valence-corrected chi connectivity index (χ1v) is 9.22. The van der Waals surface area contributed by atoms with Crippen LogP contribution in [0.25, 0.3) is 10.9 Å². The fourth-order valence-electron chi connectivity index (χ4n) is 2.55. The highest BCUT2D eigenvalue weighted by molar-refractivity contribution is 7.99. The van der Waals surface area contributed by atoms with Gasteiger partial charge in [-0.25, -0.2) is 9.97 Å². The molecule has 12 heteroatoms. The Morgan fingerprint density at radius 2 is 1.35 bits per heavy atom. The first kappa shape index (κ1) is 23.2. The zero-order valence-electron chi connectivity index (χ0n) is 15.3. The molecule has 0 amide bonds. The van der Waals surface area contributed by atoms with E-state index < -0.39 is 29.8 Å². The van der Waals surface area contributed by atoms with Crippen molar-refractivity contribution in [2.75, 3.05) is 0 Å². The van der Waals surface area contributed by atoms with Crippen molar-refractivity contribution < 1.29 is 39.5 Å². The van der Waals surface area contributed by atoms with Crippen LogP contribution < -0.4 is 0 Å². The van der Waals surface area contributed by atoms with Crippen LogP contribution in [-0.4, -0.2) is 28.0 Å². The van der Waals surface area contributed by atoms with Crippen LogP contribution in [0.3, 0.4) is 0 Å². The Kier molecular flexibility index (Phi) is 5.66. The minimum absolute atomic E-state index is 0.138. The summed E-state index contributed by atoms with van der Waals surface area (Å²) in [5.41, 5.74) is 0.305. The van der Waals surface area contributed by atoms with Crippen molar-refractivity contribution in [1.29, 1.82) is 0 Å². The molecule has 2 aromatic carbocycles. The summed E-state index contributed by atoms with van der Waals surface area (Å²) in [6, 6.07) is 11.9. The van der Waals surface area contributed by atoms with Gasteiger partial charge in [0.05, 0.1) is 5.52 Å². The van der Waals surface area contributed by atoms with Crippen LogP contribution >= 0.6 is 11.8 Å². The number of alkyl halides is 9. The van der Waals surface area contributed by atoms with Gasteiger partial charge in [-0.1, -0.05) is 41.6 Å². The molecule has 0 saturated heterocycles. The third kappa shape index (κ3) is 3.92. The molecule has 0 N–H and O–H groups in total. The van der Waals surface area contributed by atoms with E-state index >= 15 is 0 Å². The van der Waals surface area contributed by atoms with E-state index in [0.29, 0.717) is 10.5 Å². The second-order valence-corrected chi connectivity index (χ2v) is 7.57. The van der Waals surface area contributed by atoms with E-state index in [2.05, 4.69) is 9.97 Å². The van der Waals surface area contributed by atoms with Gasteiger partial charge in [0, 0.05) is 10.3 Å². The lowest BCUT2D eigenvalue weighted by atomic mass is 10.0. The van der Waals surface area contributed by atoms with Gasteiger partial charge in [0.15, 0.2) is 0 Å². The molecule has 0 fully saturated rings. The molecule has 2 nitrogen and oxygen atoms in total. The molecule has 1 heterocycles. The quantitative estimate of drug-likeness (QED) is 0.296. The maximum absolute atomic E-state index is 14.4. The van der Waals surface area contributed by atoms with Crippen LogP contribution in [0, 0.1) is 6.92 Å². The van der Waals surface area contributed by atoms with E-state index in [9.17, 15) is 39.5 Å². The predicted molar refractivity (Wildman–Crippen MR) is 94.7 cm³/mol. The fraction of sp³-hybridized carbons (Fsp3) is 0.263. The molecule has 3 aromatic rings. The number of hydrogen-bond acceptors (Lipinski definition) is 3. The molecule has 0 radical (unpaired) electrons. The Morgan fingerprint density at radius 3 is 1.94 bits per heavy atom. The fourth-order valence-corrected chi connectivity index (χ4v) is 3.47. The Morgan fingerprint density at radius 1 is 0.742 bits per heavy atom. The van der Waals surface area contributed by atoms with E-state index in [1.165, 1.54) is 12.1 Å².